The van der Waals surface area contributed by atoms with Crippen LogP contribution < -0.4 is 4.74 Å². The Morgan fingerprint density at radius 1 is 1.22 bits per heavy atom. The number of rotatable bonds is 7. The van der Waals surface area contributed by atoms with Gasteiger partial charge < -0.3 is 14.6 Å². The number of phenolic OH excluding ortho intramolecular Hbond substituents is 1. The highest BCUT2D eigenvalue weighted by Crippen LogP contribution is 2.29. The predicted molar refractivity (Wildman–Crippen MR) is 103 cm³/mol. The van der Waals surface area contributed by atoms with Gasteiger partial charge in [0.2, 0.25) is 0 Å². The van der Waals surface area contributed by atoms with Crippen molar-refractivity contribution in [3.05, 3.63) is 59.4 Å². The van der Waals surface area contributed by atoms with Crippen LogP contribution in [0.1, 0.15) is 24.1 Å². The lowest BCUT2D eigenvalue weighted by atomic mass is 10.0. The largest absolute Gasteiger partial charge is 0.504 e. The van der Waals surface area contributed by atoms with E-state index in [4.69, 9.17) is 9.47 Å². The Kier molecular flexibility index (Phi) is 6.79. The van der Waals surface area contributed by atoms with Crippen LogP contribution in [0.25, 0.3) is 0 Å². The van der Waals surface area contributed by atoms with Crippen LogP contribution >= 0.6 is 0 Å². The van der Waals surface area contributed by atoms with Crippen molar-refractivity contribution in [2.24, 2.45) is 4.99 Å². The molecule has 2 aromatic carbocycles. The smallest absolute Gasteiger partial charge is 0.166 e. The Morgan fingerprint density at radius 2 is 1.96 bits per heavy atom. The Bertz CT molecular complexity index is 759. The first-order valence-electron chi connectivity index (χ1n) is 9.21. The molecule has 6 heteroatoms. The molecular formula is C21H25FN2O3. The van der Waals surface area contributed by atoms with Crippen molar-refractivity contribution >= 4 is 6.21 Å². The van der Waals surface area contributed by atoms with Crippen LogP contribution in [-0.2, 0) is 4.74 Å². The maximum Gasteiger partial charge on any atom is 0.166 e. The Balaban J connectivity index is 1.77. The molecule has 5 nitrogen and oxygen atoms in total. The SMILES string of the molecule is CCOc1cccc(C=NC[C@@H](c2ccc(F)cc2)N2CCOCC2)c1O. The minimum atomic E-state index is -0.249. The molecule has 1 N–H and O–H groups in total. The second-order valence-corrected chi connectivity index (χ2v) is 6.34. The number of morpholine rings is 1. The Hall–Kier alpha value is -2.44. The number of aliphatic imine (C=N–C) groups is 1. The number of halogens is 1. The summed E-state index contributed by atoms with van der Waals surface area (Å²) in [4.78, 5) is 6.86. The fourth-order valence-electron chi connectivity index (χ4n) is 3.17. The summed E-state index contributed by atoms with van der Waals surface area (Å²) < 4.78 is 24.2. The average Bonchev–Trinajstić information content (AvgIpc) is 2.70. The molecule has 0 spiro atoms. The maximum absolute atomic E-state index is 13.3. The van der Waals surface area contributed by atoms with E-state index in [-0.39, 0.29) is 17.6 Å². The zero-order valence-electron chi connectivity index (χ0n) is 15.5. The number of hydrogen-bond donors (Lipinski definition) is 1. The van der Waals surface area contributed by atoms with E-state index in [0.717, 1.165) is 18.7 Å². The lowest BCUT2D eigenvalue weighted by Crippen LogP contribution is -2.40. The summed E-state index contributed by atoms with van der Waals surface area (Å²) in [6.07, 6.45) is 1.66. The molecule has 1 aliphatic heterocycles. The summed E-state index contributed by atoms with van der Waals surface area (Å²) in [5, 5.41) is 10.3. The molecule has 3 rings (SSSR count). The van der Waals surface area contributed by atoms with Crippen LogP contribution in [0.15, 0.2) is 47.5 Å². The Morgan fingerprint density at radius 3 is 2.67 bits per heavy atom. The molecule has 0 radical (unpaired) electrons. The van der Waals surface area contributed by atoms with E-state index in [1.807, 2.05) is 13.0 Å². The minimum Gasteiger partial charge on any atom is -0.504 e. The standard InChI is InChI=1S/C21H25FN2O3/c1-2-27-20-5-3-4-17(21(20)25)14-23-15-19(24-10-12-26-13-11-24)16-6-8-18(22)9-7-16/h3-9,14,19,25H,2,10-13,15H2,1H3/t19-/m0/s1. The number of aromatic hydroxyl groups is 1. The number of ether oxygens (including phenoxy) is 2. The first-order valence-corrected chi connectivity index (χ1v) is 9.21. The van der Waals surface area contributed by atoms with Crippen molar-refractivity contribution in [3.63, 3.8) is 0 Å². The summed E-state index contributed by atoms with van der Waals surface area (Å²) in [6, 6.07) is 11.9. The number of phenols is 1. The summed E-state index contributed by atoms with van der Waals surface area (Å²) >= 11 is 0. The van der Waals surface area contributed by atoms with Gasteiger partial charge in [0.15, 0.2) is 11.5 Å². The highest BCUT2D eigenvalue weighted by molar-refractivity contribution is 5.84. The quantitative estimate of drug-likeness (QED) is 0.757. The predicted octanol–water partition coefficient (Wildman–Crippen LogP) is 3.42. The fraction of sp³-hybridized carbons (Fsp3) is 0.381. The summed E-state index contributed by atoms with van der Waals surface area (Å²) in [6.45, 7) is 5.83. The summed E-state index contributed by atoms with van der Waals surface area (Å²) in [7, 11) is 0. The first kappa shape index (κ1) is 19.3. The normalized spacial score (nSPS) is 16.5. The molecule has 1 aliphatic rings. The molecule has 1 saturated heterocycles. The second kappa shape index (κ2) is 9.48. The molecule has 2 aromatic rings. The van der Waals surface area contributed by atoms with Gasteiger partial charge in [0.25, 0.3) is 0 Å². The number of para-hydroxylation sites is 1. The summed E-state index contributed by atoms with van der Waals surface area (Å²) in [5.74, 6) is 0.290. The van der Waals surface area contributed by atoms with E-state index in [1.165, 1.54) is 12.1 Å². The molecule has 0 unspecified atom stereocenters. The molecule has 0 aliphatic carbocycles. The molecule has 1 fully saturated rings. The molecule has 144 valence electrons. The molecule has 0 saturated carbocycles. The van der Waals surface area contributed by atoms with E-state index in [9.17, 15) is 9.50 Å². The zero-order valence-corrected chi connectivity index (χ0v) is 15.5. The lowest BCUT2D eigenvalue weighted by molar-refractivity contribution is 0.0180. The van der Waals surface area contributed by atoms with Gasteiger partial charge in [0, 0.05) is 24.9 Å². The molecule has 1 heterocycles. The van der Waals surface area contributed by atoms with Crippen LogP contribution in [0, 0.1) is 5.82 Å². The summed E-state index contributed by atoms with van der Waals surface area (Å²) in [5.41, 5.74) is 1.63. The van der Waals surface area contributed by atoms with Gasteiger partial charge in [-0.2, -0.15) is 0 Å². The van der Waals surface area contributed by atoms with Crippen LogP contribution in [0.4, 0.5) is 4.39 Å². The van der Waals surface area contributed by atoms with Crippen molar-refractivity contribution in [1.29, 1.82) is 0 Å². The van der Waals surface area contributed by atoms with Gasteiger partial charge >= 0.3 is 0 Å². The second-order valence-electron chi connectivity index (χ2n) is 6.34. The first-order chi connectivity index (χ1) is 13.2. The molecule has 1 atom stereocenters. The zero-order chi connectivity index (χ0) is 19.1. The molecule has 27 heavy (non-hydrogen) atoms. The van der Waals surface area contributed by atoms with Gasteiger partial charge in [-0.15, -0.1) is 0 Å². The van der Waals surface area contributed by atoms with Gasteiger partial charge in [0.1, 0.15) is 5.82 Å². The van der Waals surface area contributed by atoms with Crippen LogP contribution in [0.5, 0.6) is 11.5 Å². The van der Waals surface area contributed by atoms with Gasteiger partial charge in [0.05, 0.1) is 32.4 Å². The third kappa shape index (κ3) is 5.05. The molecular weight excluding hydrogens is 347 g/mol. The van der Waals surface area contributed by atoms with Gasteiger partial charge in [-0.1, -0.05) is 18.2 Å². The van der Waals surface area contributed by atoms with E-state index in [0.29, 0.717) is 37.7 Å². The highest BCUT2D eigenvalue weighted by atomic mass is 19.1. The van der Waals surface area contributed by atoms with Crippen molar-refractivity contribution in [3.8, 4) is 11.5 Å². The van der Waals surface area contributed by atoms with Crippen LogP contribution in [0.2, 0.25) is 0 Å². The maximum atomic E-state index is 13.3. The Labute approximate surface area is 159 Å². The van der Waals surface area contributed by atoms with E-state index < -0.39 is 0 Å². The van der Waals surface area contributed by atoms with Gasteiger partial charge in [-0.3, -0.25) is 9.89 Å². The number of hydrogen-bond acceptors (Lipinski definition) is 5. The van der Waals surface area contributed by atoms with Crippen LogP contribution in [-0.4, -0.2) is 55.7 Å². The monoisotopic (exact) mass is 372 g/mol. The van der Waals surface area contributed by atoms with Crippen molar-refractivity contribution in [2.45, 2.75) is 13.0 Å². The highest BCUT2D eigenvalue weighted by Gasteiger charge is 2.22. The third-order valence-corrected chi connectivity index (χ3v) is 4.58. The average molecular weight is 372 g/mol. The van der Waals surface area contributed by atoms with Gasteiger partial charge in [-0.25, -0.2) is 4.39 Å². The number of benzene rings is 2. The molecule has 0 bridgehead atoms. The van der Waals surface area contributed by atoms with Crippen molar-refractivity contribution < 1.29 is 19.0 Å². The van der Waals surface area contributed by atoms with Crippen LogP contribution in [0.3, 0.4) is 0 Å². The fourth-order valence-corrected chi connectivity index (χ4v) is 3.17. The number of nitrogens with zero attached hydrogens (tertiary/aromatic N) is 2. The third-order valence-electron chi connectivity index (χ3n) is 4.58. The van der Waals surface area contributed by atoms with Crippen molar-refractivity contribution in [1.82, 2.24) is 4.90 Å². The van der Waals surface area contributed by atoms with E-state index in [2.05, 4.69) is 9.89 Å². The molecule has 0 aromatic heterocycles. The van der Waals surface area contributed by atoms with E-state index >= 15 is 0 Å². The van der Waals surface area contributed by atoms with Gasteiger partial charge in [-0.05, 0) is 36.8 Å². The molecule has 0 amide bonds. The minimum absolute atomic E-state index is 0.0305. The van der Waals surface area contributed by atoms with Crippen molar-refractivity contribution in [2.75, 3.05) is 39.5 Å². The topological polar surface area (TPSA) is 54.3 Å². The van der Waals surface area contributed by atoms with E-state index in [1.54, 1.807) is 30.5 Å². The lowest BCUT2D eigenvalue weighted by Gasteiger charge is -2.34.